The molecular formula is C12H19NO2. The van der Waals surface area contributed by atoms with Crippen molar-refractivity contribution >= 4 is 5.91 Å². The first-order valence-electron chi connectivity index (χ1n) is 5.59. The molecule has 1 rings (SSSR count). The van der Waals surface area contributed by atoms with Crippen molar-refractivity contribution in [2.24, 2.45) is 0 Å². The summed E-state index contributed by atoms with van der Waals surface area (Å²) in [6.45, 7) is 1.96. The van der Waals surface area contributed by atoms with Crippen LogP contribution in [0.1, 0.15) is 45.4 Å². The molecule has 0 aromatic heterocycles. The molecule has 1 saturated carbocycles. The lowest BCUT2D eigenvalue weighted by molar-refractivity contribution is -0.117. The first-order chi connectivity index (χ1) is 7.16. The Hall–Kier alpha value is -1.01. The van der Waals surface area contributed by atoms with Crippen LogP contribution in [0.2, 0.25) is 0 Å². The van der Waals surface area contributed by atoms with E-state index < -0.39 is 5.60 Å². The smallest absolute Gasteiger partial charge is 0.295 e. The minimum atomic E-state index is -0.707. The summed E-state index contributed by atoms with van der Waals surface area (Å²) in [5.41, 5.74) is -0.707. The van der Waals surface area contributed by atoms with Crippen molar-refractivity contribution in [3.63, 3.8) is 0 Å². The number of hydrogen-bond acceptors (Lipinski definition) is 2. The summed E-state index contributed by atoms with van der Waals surface area (Å²) in [5, 5.41) is 12.9. The minimum Gasteiger partial charge on any atom is -0.388 e. The lowest BCUT2D eigenvalue weighted by atomic mass is 9.94. The molecule has 3 heteroatoms. The van der Waals surface area contributed by atoms with Crippen molar-refractivity contribution in [3.05, 3.63) is 0 Å². The van der Waals surface area contributed by atoms with E-state index in [0.717, 1.165) is 25.7 Å². The van der Waals surface area contributed by atoms with Crippen LogP contribution in [0.15, 0.2) is 0 Å². The molecule has 15 heavy (non-hydrogen) atoms. The fraction of sp³-hybridized carbons (Fsp3) is 0.750. The highest BCUT2D eigenvalue weighted by Crippen LogP contribution is 2.26. The number of carbonyl (C=O) groups is 1. The van der Waals surface area contributed by atoms with E-state index in [1.165, 1.54) is 12.8 Å². The Balaban J connectivity index is 2.39. The second-order valence-corrected chi connectivity index (χ2v) is 4.20. The SMILES string of the molecule is CC#CC(=O)NCC1(O)CCCCCC1. The zero-order chi connectivity index (χ0) is 11.1. The molecule has 0 heterocycles. The number of carbonyl (C=O) groups excluding carboxylic acids is 1. The summed E-state index contributed by atoms with van der Waals surface area (Å²) in [7, 11) is 0. The predicted octanol–water partition coefficient (Wildman–Crippen LogP) is 1.21. The molecule has 0 aromatic carbocycles. The highest BCUT2D eigenvalue weighted by Gasteiger charge is 2.27. The summed E-state index contributed by atoms with van der Waals surface area (Å²) >= 11 is 0. The van der Waals surface area contributed by atoms with Gasteiger partial charge in [0.2, 0.25) is 0 Å². The third-order valence-electron chi connectivity index (χ3n) is 2.85. The third-order valence-corrected chi connectivity index (χ3v) is 2.85. The summed E-state index contributed by atoms with van der Waals surface area (Å²) in [5.74, 6) is 4.65. The van der Waals surface area contributed by atoms with E-state index in [1.807, 2.05) is 0 Å². The van der Waals surface area contributed by atoms with E-state index in [0.29, 0.717) is 6.54 Å². The third kappa shape index (κ3) is 4.35. The molecule has 0 spiro atoms. The lowest BCUT2D eigenvalue weighted by Gasteiger charge is -2.26. The molecular weight excluding hydrogens is 190 g/mol. The summed E-state index contributed by atoms with van der Waals surface area (Å²) in [6, 6.07) is 0. The van der Waals surface area contributed by atoms with Crippen LogP contribution >= 0.6 is 0 Å². The van der Waals surface area contributed by atoms with Crippen molar-refractivity contribution in [1.82, 2.24) is 5.32 Å². The largest absolute Gasteiger partial charge is 0.388 e. The molecule has 0 aliphatic heterocycles. The molecule has 0 aromatic rings. The number of nitrogens with one attached hydrogen (secondary N) is 1. The second kappa shape index (κ2) is 5.77. The van der Waals surface area contributed by atoms with Gasteiger partial charge >= 0.3 is 0 Å². The molecule has 1 aliphatic rings. The molecule has 84 valence electrons. The molecule has 1 aliphatic carbocycles. The van der Waals surface area contributed by atoms with Crippen LogP contribution in [-0.2, 0) is 4.79 Å². The molecule has 0 radical (unpaired) electrons. The summed E-state index contributed by atoms with van der Waals surface area (Å²) in [6.07, 6.45) is 6.04. The van der Waals surface area contributed by atoms with Gasteiger partial charge in [-0.3, -0.25) is 4.79 Å². The average molecular weight is 209 g/mol. The zero-order valence-corrected chi connectivity index (χ0v) is 9.31. The van der Waals surface area contributed by atoms with Crippen molar-refractivity contribution in [2.75, 3.05) is 6.54 Å². The Labute approximate surface area is 91.3 Å². The highest BCUT2D eigenvalue weighted by atomic mass is 16.3. The Kier molecular flexibility index (Phi) is 4.64. The maximum Gasteiger partial charge on any atom is 0.295 e. The Morgan fingerprint density at radius 3 is 2.47 bits per heavy atom. The monoisotopic (exact) mass is 209 g/mol. The number of amides is 1. The van der Waals surface area contributed by atoms with Crippen LogP contribution in [0.25, 0.3) is 0 Å². The summed E-state index contributed by atoms with van der Waals surface area (Å²) in [4.78, 5) is 11.1. The topological polar surface area (TPSA) is 49.3 Å². The Morgan fingerprint density at radius 2 is 1.93 bits per heavy atom. The normalized spacial score (nSPS) is 19.6. The first-order valence-corrected chi connectivity index (χ1v) is 5.59. The molecule has 2 N–H and O–H groups in total. The van der Waals surface area contributed by atoms with Crippen LogP contribution < -0.4 is 5.32 Å². The number of aliphatic hydroxyl groups is 1. The van der Waals surface area contributed by atoms with Gasteiger partial charge in [-0.1, -0.05) is 31.6 Å². The molecule has 0 unspecified atom stereocenters. The van der Waals surface area contributed by atoms with E-state index in [1.54, 1.807) is 6.92 Å². The minimum absolute atomic E-state index is 0.296. The maximum absolute atomic E-state index is 11.1. The molecule has 0 atom stereocenters. The first kappa shape index (κ1) is 12.1. The van der Waals surface area contributed by atoms with Crippen molar-refractivity contribution in [3.8, 4) is 11.8 Å². The van der Waals surface area contributed by atoms with Gasteiger partial charge in [-0.2, -0.15) is 0 Å². The van der Waals surface area contributed by atoms with Crippen LogP contribution in [0, 0.1) is 11.8 Å². The van der Waals surface area contributed by atoms with Crippen LogP contribution in [0.3, 0.4) is 0 Å². The highest BCUT2D eigenvalue weighted by molar-refractivity contribution is 5.93. The molecule has 1 amide bonds. The summed E-state index contributed by atoms with van der Waals surface area (Å²) < 4.78 is 0. The molecule has 0 bridgehead atoms. The van der Waals surface area contributed by atoms with Gasteiger partial charge in [-0.05, 0) is 25.7 Å². The molecule has 3 nitrogen and oxygen atoms in total. The Morgan fingerprint density at radius 1 is 1.33 bits per heavy atom. The van der Waals surface area contributed by atoms with Gasteiger partial charge in [0.1, 0.15) is 0 Å². The van der Waals surface area contributed by atoms with E-state index in [-0.39, 0.29) is 5.91 Å². The van der Waals surface area contributed by atoms with E-state index >= 15 is 0 Å². The van der Waals surface area contributed by atoms with Crippen molar-refractivity contribution in [2.45, 2.75) is 51.0 Å². The lowest BCUT2D eigenvalue weighted by Crippen LogP contribution is -2.42. The van der Waals surface area contributed by atoms with Crippen LogP contribution in [-0.4, -0.2) is 23.2 Å². The van der Waals surface area contributed by atoms with E-state index in [9.17, 15) is 9.90 Å². The van der Waals surface area contributed by atoms with Gasteiger partial charge in [0.05, 0.1) is 5.60 Å². The number of rotatable bonds is 2. The van der Waals surface area contributed by atoms with Gasteiger partial charge in [-0.15, -0.1) is 0 Å². The van der Waals surface area contributed by atoms with Crippen molar-refractivity contribution in [1.29, 1.82) is 0 Å². The standard InChI is InChI=1S/C12H19NO2/c1-2-7-11(14)13-10-12(15)8-5-3-4-6-9-12/h15H,3-6,8-10H2,1H3,(H,13,14). The molecule has 0 saturated heterocycles. The average Bonchev–Trinajstić information content (AvgIpc) is 2.42. The van der Waals surface area contributed by atoms with E-state index in [2.05, 4.69) is 17.2 Å². The second-order valence-electron chi connectivity index (χ2n) is 4.20. The van der Waals surface area contributed by atoms with E-state index in [4.69, 9.17) is 0 Å². The fourth-order valence-electron chi connectivity index (χ4n) is 1.97. The van der Waals surface area contributed by atoms with Gasteiger partial charge in [0.25, 0.3) is 5.91 Å². The predicted molar refractivity (Wildman–Crippen MR) is 59.1 cm³/mol. The van der Waals surface area contributed by atoms with Crippen LogP contribution in [0.4, 0.5) is 0 Å². The fourth-order valence-corrected chi connectivity index (χ4v) is 1.97. The zero-order valence-electron chi connectivity index (χ0n) is 9.31. The van der Waals surface area contributed by atoms with Gasteiger partial charge in [0, 0.05) is 6.54 Å². The van der Waals surface area contributed by atoms with Crippen molar-refractivity contribution < 1.29 is 9.90 Å². The van der Waals surface area contributed by atoms with Gasteiger partial charge in [-0.25, -0.2) is 0 Å². The maximum atomic E-state index is 11.1. The number of hydrogen-bond donors (Lipinski definition) is 2. The van der Waals surface area contributed by atoms with Gasteiger partial charge < -0.3 is 10.4 Å². The van der Waals surface area contributed by atoms with Gasteiger partial charge in [0.15, 0.2) is 0 Å². The van der Waals surface area contributed by atoms with Crippen LogP contribution in [0.5, 0.6) is 0 Å². The quantitative estimate of drug-likeness (QED) is 0.530. The molecule has 1 fully saturated rings. The Bertz CT molecular complexity index is 267.